The first-order chi connectivity index (χ1) is 10.1. The van der Waals surface area contributed by atoms with Gasteiger partial charge in [0, 0.05) is 31.4 Å². The van der Waals surface area contributed by atoms with E-state index in [1.807, 2.05) is 0 Å². The monoisotopic (exact) mass is 291 g/mol. The van der Waals surface area contributed by atoms with Crippen molar-refractivity contribution in [3.05, 3.63) is 29.8 Å². The molecule has 1 aliphatic heterocycles. The number of β-amino-alcohol motifs (C(OH)–C–C–N with tert-alkyl or cyclic N) is 1. The molecule has 118 valence electrons. The van der Waals surface area contributed by atoms with Gasteiger partial charge in [0.15, 0.2) is 0 Å². The van der Waals surface area contributed by atoms with Crippen molar-refractivity contribution in [2.24, 2.45) is 0 Å². The van der Waals surface area contributed by atoms with E-state index in [4.69, 9.17) is 0 Å². The average Bonchev–Trinajstić information content (AvgIpc) is 2.79. The maximum absolute atomic E-state index is 10.1. The van der Waals surface area contributed by atoms with Gasteiger partial charge in [0.2, 0.25) is 0 Å². The Hall–Kier alpha value is -1.10. The highest BCUT2D eigenvalue weighted by Gasteiger charge is 2.32. The first kappa shape index (κ1) is 16.3. The van der Waals surface area contributed by atoms with E-state index in [9.17, 15) is 5.11 Å². The Kier molecular flexibility index (Phi) is 6.03. The molecule has 0 bridgehead atoms. The van der Waals surface area contributed by atoms with Crippen molar-refractivity contribution in [1.29, 1.82) is 0 Å². The quantitative estimate of drug-likeness (QED) is 0.750. The van der Waals surface area contributed by atoms with Crippen molar-refractivity contribution < 1.29 is 5.11 Å². The first-order valence-corrected chi connectivity index (χ1v) is 7.99. The molecule has 21 heavy (non-hydrogen) atoms. The molecule has 1 fully saturated rings. The summed E-state index contributed by atoms with van der Waals surface area (Å²) in [6, 6.07) is 8.96. The summed E-state index contributed by atoms with van der Waals surface area (Å²) in [5.41, 5.74) is 2.59. The lowest BCUT2D eigenvalue weighted by Crippen LogP contribution is -2.38. The second-order valence-corrected chi connectivity index (χ2v) is 6.26. The topological polar surface area (TPSA) is 38.7 Å². The van der Waals surface area contributed by atoms with Crippen LogP contribution in [0, 0.1) is 0 Å². The number of nitrogens with one attached hydrogen (secondary N) is 1. The lowest BCUT2D eigenvalue weighted by Gasteiger charge is -2.30. The molecular weight excluding hydrogens is 262 g/mol. The minimum absolute atomic E-state index is 0.216. The predicted molar refractivity (Wildman–Crippen MR) is 88.8 cm³/mol. The minimum Gasteiger partial charge on any atom is -0.391 e. The third kappa shape index (κ3) is 4.43. The molecule has 2 atom stereocenters. The summed E-state index contributed by atoms with van der Waals surface area (Å²) in [5.74, 6) is 0. The average molecular weight is 291 g/mol. The zero-order valence-corrected chi connectivity index (χ0v) is 13.5. The van der Waals surface area contributed by atoms with E-state index in [2.05, 4.69) is 60.4 Å². The number of aliphatic hydroxyl groups excluding tert-OH is 1. The molecule has 1 aliphatic rings. The number of hydrogen-bond acceptors (Lipinski definition) is 4. The predicted octanol–water partition coefficient (Wildman–Crippen LogP) is 1.69. The van der Waals surface area contributed by atoms with Crippen LogP contribution in [0.15, 0.2) is 24.3 Å². The summed E-state index contributed by atoms with van der Waals surface area (Å²) in [6.45, 7) is 5.84. The summed E-state index contributed by atoms with van der Waals surface area (Å²) in [7, 11) is 4.19. The van der Waals surface area contributed by atoms with Crippen LogP contribution in [0.5, 0.6) is 0 Å². The molecule has 0 radical (unpaired) electrons. The van der Waals surface area contributed by atoms with Crippen LogP contribution in [0.1, 0.15) is 25.3 Å². The summed E-state index contributed by atoms with van der Waals surface area (Å²) in [6.07, 6.45) is 1.79. The molecule has 0 aromatic heterocycles. The Morgan fingerprint density at radius 1 is 1.33 bits per heavy atom. The van der Waals surface area contributed by atoms with Gasteiger partial charge in [-0.15, -0.1) is 0 Å². The Bertz CT molecular complexity index is 436. The van der Waals surface area contributed by atoms with Crippen molar-refractivity contribution in [1.82, 2.24) is 10.2 Å². The lowest BCUT2D eigenvalue weighted by molar-refractivity contribution is 0.191. The zero-order chi connectivity index (χ0) is 15.2. The molecule has 0 aliphatic carbocycles. The summed E-state index contributed by atoms with van der Waals surface area (Å²) >= 11 is 0. The standard InChI is InChI=1S/C17H29N3O/c1-4-9-18-11-14-7-5-6-8-17(14)20-13-16(21)10-15(20)12-19(2)3/h5-8,15-16,18,21H,4,9-13H2,1-3H3. The van der Waals surface area contributed by atoms with Gasteiger partial charge in [-0.1, -0.05) is 25.1 Å². The molecule has 2 N–H and O–H groups in total. The number of para-hydroxylation sites is 1. The number of benzene rings is 1. The molecule has 1 saturated heterocycles. The van der Waals surface area contributed by atoms with Crippen LogP contribution in [0.3, 0.4) is 0 Å². The third-order valence-electron chi connectivity index (χ3n) is 4.01. The van der Waals surface area contributed by atoms with Crippen LogP contribution in [0.4, 0.5) is 5.69 Å². The number of anilines is 1. The van der Waals surface area contributed by atoms with Crippen molar-refractivity contribution in [2.75, 3.05) is 38.6 Å². The maximum Gasteiger partial charge on any atom is 0.0735 e. The Labute approximate surface area is 128 Å². The van der Waals surface area contributed by atoms with Gasteiger partial charge in [0.05, 0.1) is 6.10 Å². The normalized spacial score (nSPS) is 22.2. The highest BCUT2D eigenvalue weighted by atomic mass is 16.3. The number of hydrogen-bond donors (Lipinski definition) is 2. The first-order valence-electron chi connectivity index (χ1n) is 7.99. The second kappa shape index (κ2) is 7.78. The molecule has 1 aromatic rings. The van der Waals surface area contributed by atoms with Gasteiger partial charge in [-0.05, 0) is 45.1 Å². The van der Waals surface area contributed by atoms with Crippen LogP contribution in [0.25, 0.3) is 0 Å². The molecule has 0 amide bonds. The van der Waals surface area contributed by atoms with Gasteiger partial charge in [-0.2, -0.15) is 0 Å². The summed E-state index contributed by atoms with van der Waals surface area (Å²) in [4.78, 5) is 4.58. The van der Waals surface area contributed by atoms with Crippen LogP contribution < -0.4 is 10.2 Å². The zero-order valence-electron chi connectivity index (χ0n) is 13.5. The molecule has 4 nitrogen and oxygen atoms in total. The van der Waals surface area contributed by atoms with Crippen molar-refractivity contribution >= 4 is 5.69 Å². The SMILES string of the molecule is CCCNCc1ccccc1N1CC(O)CC1CN(C)C. The fourth-order valence-corrected chi connectivity index (χ4v) is 3.12. The molecule has 1 aromatic carbocycles. The number of likely N-dealkylation sites (N-methyl/N-ethyl adjacent to an activating group) is 1. The van der Waals surface area contributed by atoms with Crippen LogP contribution >= 0.6 is 0 Å². The van der Waals surface area contributed by atoms with Gasteiger partial charge in [0.25, 0.3) is 0 Å². The van der Waals surface area contributed by atoms with E-state index < -0.39 is 0 Å². The van der Waals surface area contributed by atoms with Gasteiger partial charge >= 0.3 is 0 Å². The van der Waals surface area contributed by atoms with E-state index in [1.54, 1.807) is 0 Å². The van der Waals surface area contributed by atoms with E-state index >= 15 is 0 Å². The third-order valence-corrected chi connectivity index (χ3v) is 4.01. The van der Waals surface area contributed by atoms with Gasteiger partial charge < -0.3 is 20.2 Å². The van der Waals surface area contributed by atoms with E-state index in [-0.39, 0.29) is 6.10 Å². The van der Waals surface area contributed by atoms with Gasteiger partial charge in [-0.25, -0.2) is 0 Å². The van der Waals surface area contributed by atoms with E-state index in [0.717, 1.165) is 39.0 Å². The van der Waals surface area contributed by atoms with E-state index in [1.165, 1.54) is 11.3 Å². The smallest absolute Gasteiger partial charge is 0.0735 e. The minimum atomic E-state index is -0.216. The van der Waals surface area contributed by atoms with Crippen molar-refractivity contribution in [2.45, 2.75) is 38.5 Å². The fourth-order valence-electron chi connectivity index (χ4n) is 3.12. The van der Waals surface area contributed by atoms with Crippen molar-refractivity contribution in [3.63, 3.8) is 0 Å². The fraction of sp³-hybridized carbons (Fsp3) is 0.647. The number of nitrogens with zero attached hydrogens (tertiary/aromatic N) is 2. The van der Waals surface area contributed by atoms with Gasteiger partial charge in [-0.3, -0.25) is 0 Å². The molecule has 0 saturated carbocycles. The van der Waals surface area contributed by atoms with E-state index in [0.29, 0.717) is 6.04 Å². The Morgan fingerprint density at radius 2 is 2.10 bits per heavy atom. The lowest BCUT2D eigenvalue weighted by atomic mass is 10.1. The number of rotatable bonds is 7. The Morgan fingerprint density at radius 3 is 2.81 bits per heavy atom. The largest absolute Gasteiger partial charge is 0.391 e. The second-order valence-electron chi connectivity index (χ2n) is 6.26. The summed E-state index contributed by atoms with van der Waals surface area (Å²) in [5, 5.41) is 13.6. The summed E-state index contributed by atoms with van der Waals surface area (Å²) < 4.78 is 0. The molecule has 4 heteroatoms. The van der Waals surface area contributed by atoms with Gasteiger partial charge in [0.1, 0.15) is 0 Å². The van der Waals surface area contributed by atoms with Crippen LogP contribution in [-0.2, 0) is 6.54 Å². The molecular formula is C17H29N3O. The molecule has 2 unspecified atom stereocenters. The highest BCUT2D eigenvalue weighted by molar-refractivity contribution is 5.55. The van der Waals surface area contributed by atoms with Crippen LogP contribution in [-0.4, -0.2) is 55.9 Å². The molecule has 0 spiro atoms. The Balaban J connectivity index is 2.14. The van der Waals surface area contributed by atoms with Crippen molar-refractivity contribution in [3.8, 4) is 0 Å². The van der Waals surface area contributed by atoms with Crippen LogP contribution in [0.2, 0.25) is 0 Å². The molecule has 2 rings (SSSR count). The molecule has 1 heterocycles. The highest BCUT2D eigenvalue weighted by Crippen LogP contribution is 2.29. The maximum atomic E-state index is 10.1. The number of aliphatic hydroxyl groups is 1.